The van der Waals surface area contributed by atoms with E-state index in [1.54, 1.807) is 12.1 Å². The number of aryl methyl sites for hydroxylation is 1. The van der Waals surface area contributed by atoms with Crippen molar-refractivity contribution < 1.29 is 28.6 Å². The highest BCUT2D eigenvalue weighted by Gasteiger charge is 2.17. The molecule has 0 radical (unpaired) electrons. The molecular weight excluding hydrogens is 388 g/mol. The zero-order valence-corrected chi connectivity index (χ0v) is 16.9. The third-order valence-electron chi connectivity index (χ3n) is 4.66. The summed E-state index contributed by atoms with van der Waals surface area (Å²) >= 11 is 0. The second-order valence-electron chi connectivity index (χ2n) is 6.80. The van der Waals surface area contributed by atoms with Gasteiger partial charge < -0.3 is 24.8 Å². The van der Waals surface area contributed by atoms with Crippen molar-refractivity contribution in [2.45, 2.75) is 26.3 Å². The number of fused-ring (bicyclic) bond motifs is 1. The maximum absolute atomic E-state index is 12.1. The summed E-state index contributed by atoms with van der Waals surface area (Å²) in [5.74, 6) is -0.552. The van der Waals surface area contributed by atoms with Gasteiger partial charge in [0.25, 0.3) is 11.8 Å². The molecule has 0 aliphatic carbocycles. The lowest BCUT2D eigenvalue weighted by Crippen LogP contribution is -2.34. The fraction of sp³-hybridized carbons (Fsp3) is 0.318. The predicted octanol–water partition coefficient (Wildman–Crippen LogP) is 2.13. The highest BCUT2D eigenvalue weighted by Crippen LogP contribution is 2.32. The normalized spacial score (nSPS) is 12.7. The molecule has 0 saturated carbocycles. The molecule has 0 saturated heterocycles. The summed E-state index contributed by atoms with van der Waals surface area (Å²) in [6.07, 6.45) is 0.947. The Hall–Kier alpha value is -3.55. The van der Waals surface area contributed by atoms with E-state index in [4.69, 9.17) is 14.2 Å². The fourth-order valence-electron chi connectivity index (χ4n) is 2.90. The van der Waals surface area contributed by atoms with Crippen molar-refractivity contribution in [1.29, 1.82) is 0 Å². The molecule has 1 aliphatic rings. The lowest BCUT2D eigenvalue weighted by atomic mass is 10.1. The van der Waals surface area contributed by atoms with Gasteiger partial charge in [-0.2, -0.15) is 0 Å². The van der Waals surface area contributed by atoms with Gasteiger partial charge in [-0.05, 0) is 42.7 Å². The van der Waals surface area contributed by atoms with Gasteiger partial charge in [-0.15, -0.1) is 0 Å². The van der Waals surface area contributed by atoms with Crippen LogP contribution in [0.25, 0.3) is 0 Å². The lowest BCUT2D eigenvalue weighted by molar-refractivity contribution is -0.147. The quantitative estimate of drug-likeness (QED) is 0.644. The minimum absolute atomic E-state index is 0.109. The number of carbonyl (C=O) groups excluding carboxylic acids is 3. The van der Waals surface area contributed by atoms with Crippen LogP contribution >= 0.6 is 0 Å². The molecule has 1 atom stereocenters. The fourth-order valence-corrected chi connectivity index (χ4v) is 2.90. The number of ether oxygens (including phenoxy) is 3. The molecule has 8 nitrogen and oxygen atoms in total. The van der Waals surface area contributed by atoms with Crippen LogP contribution in [0.5, 0.6) is 11.5 Å². The van der Waals surface area contributed by atoms with Crippen LogP contribution in [0, 0.1) is 0 Å². The van der Waals surface area contributed by atoms with Crippen LogP contribution in [0.1, 0.15) is 41.4 Å². The van der Waals surface area contributed by atoms with Gasteiger partial charge in [-0.25, -0.2) is 0 Å². The van der Waals surface area contributed by atoms with Crippen LogP contribution in [0.4, 0.5) is 0 Å². The molecule has 2 aromatic rings. The average Bonchev–Trinajstić information content (AvgIpc) is 3.24. The second kappa shape index (κ2) is 9.78. The Morgan fingerprint density at radius 3 is 2.53 bits per heavy atom. The van der Waals surface area contributed by atoms with Crippen molar-refractivity contribution in [2.75, 3.05) is 19.9 Å². The minimum atomic E-state index is -0.709. The number of hydrogen-bond acceptors (Lipinski definition) is 6. The number of nitrogens with one attached hydrogen (secondary N) is 2. The Kier molecular flexibility index (Phi) is 6.90. The first-order valence-corrected chi connectivity index (χ1v) is 9.68. The monoisotopic (exact) mass is 412 g/mol. The third-order valence-corrected chi connectivity index (χ3v) is 4.66. The Morgan fingerprint density at radius 1 is 1.07 bits per heavy atom. The maximum Gasteiger partial charge on any atom is 0.325 e. The molecule has 0 aromatic heterocycles. The highest BCUT2D eigenvalue weighted by molar-refractivity contribution is 5.96. The maximum atomic E-state index is 12.1. The standard InChI is InChI=1S/C22H24N2O6/c1-3-15-4-6-16(7-5-15)14(2)24-20(25)12-28-21(26)11-23-22(27)17-8-9-18-19(10-17)30-13-29-18/h4-10,14H,3,11-13H2,1-2H3,(H,23,27)(H,24,25)/t14-/m1/s1. The topological polar surface area (TPSA) is 103 Å². The van der Waals surface area contributed by atoms with Crippen LogP contribution in [-0.2, 0) is 20.7 Å². The van der Waals surface area contributed by atoms with Crippen molar-refractivity contribution in [2.24, 2.45) is 0 Å². The van der Waals surface area contributed by atoms with Crippen LogP contribution in [0.3, 0.4) is 0 Å². The van der Waals surface area contributed by atoms with E-state index >= 15 is 0 Å². The van der Waals surface area contributed by atoms with Gasteiger partial charge in [0.05, 0.1) is 6.04 Å². The van der Waals surface area contributed by atoms with Crippen molar-refractivity contribution >= 4 is 17.8 Å². The molecule has 0 bridgehead atoms. The van der Waals surface area contributed by atoms with Gasteiger partial charge in [-0.3, -0.25) is 14.4 Å². The zero-order chi connectivity index (χ0) is 21.5. The Balaban J connectivity index is 1.39. The van der Waals surface area contributed by atoms with Gasteiger partial charge in [0, 0.05) is 5.56 Å². The molecule has 2 aromatic carbocycles. The zero-order valence-electron chi connectivity index (χ0n) is 16.9. The summed E-state index contributed by atoms with van der Waals surface area (Å²) in [7, 11) is 0. The van der Waals surface area contributed by atoms with Gasteiger partial charge >= 0.3 is 5.97 Å². The number of amides is 2. The summed E-state index contributed by atoms with van der Waals surface area (Å²) in [6, 6.07) is 12.5. The number of carbonyl (C=O) groups is 3. The molecule has 8 heteroatoms. The third kappa shape index (κ3) is 5.50. The van der Waals surface area contributed by atoms with E-state index in [-0.39, 0.29) is 19.4 Å². The molecule has 2 N–H and O–H groups in total. The Labute approximate surface area is 174 Å². The molecule has 158 valence electrons. The predicted molar refractivity (Wildman–Crippen MR) is 108 cm³/mol. The first-order valence-electron chi connectivity index (χ1n) is 9.68. The number of hydrogen-bond donors (Lipinski definition) is 2. The molecule has 1 aliphatic heterocycles. The number of rotatable bonds is 8. The Bertz CT molecular complexity index is 926. The van der Waals surface area contributed by atoms with Gasteiger partial charge in [0.15, 0.2) is 18.1 Å². The van der Waals surface area contributed by atoms with E-state index in [0.29, 0.717) is 17.1 Å². The molecule has 2 amide bonds. The second-order valence-corrected chi connectivity index (χ2v) is 6.80. The van der Waals surface area contributed by atoms with Crippen LogP contribution in [0.2, 0.25) is 0 Å². The smallest absolute Gasteiger partial charge is 0.325 e. The molecular formula is C22H24N2O6. The van der Waals surface area contributed by atoms with E-state index in [9.17, 15) is 14.4 Å². The Morgan fingerprint density at radius 2 is 1.80 bits per heavy atom. The largest absolute Gasteiger partial charge is 0.454 e. The SMILES string of the molecule is CCc1ccc([C@@H](C)NC(=O)COC(=O)CNC(=O)c2ccc3c(c2)OCO3)cc1. The lowest BCUT2D eigenvalue weighted by Gasteiger charge is -2.15. The average molecular weight is 412 g/mol. The summed E-state index contributed by atoms with van der Waals surface area (Å²) in [6.45, 7) is 3.26. The van der Waals surface area contributed by atoms with E-state index in [0.717, 1.165) is 12.0 Å². The highest BCUT2D eigenvalue weighted by atomic mass is 16.7. The summed E-state index contributed by atoms with van der Waals surface area (Å²) in [4.78, 5) is 36.0. The van der Waals surface area contributed by atoms with Crippen molar-refractivity contribution in [3.05, 3.63) is 59.2 Å². The first-order chi connectivity index (χ1) is 14.5. The number of benzene rings is 2. The van der Waals surface area contributed by atoms with Gasteiger partial charge in [0.2, 0.25) is 6.79 Å². The number of esters is 1. The van der Waals surface area contributed by atoms with Crippen LogP contribution in [-0.4, -0.2) is 37.7 Å². The van der Waals surface area contributed by atoms with E-state index in [1.165, 1.54) is 11.6 Å². The van der Waals surface area contributed by atoms with Crippen LogP contribution in [0.15, 0.2) is 42.5 Å². The van der Waals surface area contributed by atoms with Gasteiger partial charge in [0.1, 0.15) is 6.54 Å². The van der Waals surface area contributed by atoms with Crippen molar-refractivity contribution in [3.63, 3.8) is 0 Å². The van der Waals surface area contributed by atoms with E-state index < -0.39 is 24.4 Å². The summed E-state index contributed by atoms with van der Waals surface area (Å²) in [5.41, 5.74) is 2.50. The summed E-state index contributed by atoms with van der Waals surface area (Å²) < 4.78 is 15.3. The molecule has 30 heavy (non-hydrogen) atoms. The van der Waals surface area contributed by atoms with Crippen LogP contribution < -0.4 is 20.1 Å². The minimum Gasteiger partial charge on any atom is -0.454 e. The van der Waals surface area contributed by atoms with E-state index in [1.807, 2.05) is 31.2 Å². The first kappa shape index (κ1) is 21.2. The van der Waals surface area contributed by atoms with E-state index in [2.05, 4.69) is 17.6 Å². The molecule has 0 spiro atoms. The summed E-state index contributed by atoms with van der Waals surface area (Å²) in [5, 5.41) is 5.22. The molecule has 1 heterocycles. The molecule has 3 rings (SSSR count). The van der Waals surface area contributed by atoms with Crippen molar-refractivity contribution in [1.82, 2.24) is 10.6 Å². The molecule has 0 fully saturated rings. The van der Waals surface area contributed by atoms with Crippen molar-refractivity contribution in [3.8, 4) is 11.5 Å². The van der Waals surface area contributed by atoms with Gasteiger partial charge in [-0.1, -0.05) is 31.2 Å². The molecule has 0 unspecified atom stereocenters.